The van der Waals surface area contributed by atoms with E-state index >= 15 is 0 Å². The van der Waals surface area contributed by atoms with Gasteiger partial charge in [-0.05, 0) is 36.4 Å². The van der Waals surface area contributed by atoms with Crippen LogP contribution in [0.5, 0.6) is 17.2 Å². The molecule has 1 saturated heterocycles. The summed E-state index contributed by atoms with van der Waals surface area (Å²) in [6.07, 6.45) is 0.131. The highest BCUT2D eigenvalue weighted by molar-refractivity contribution is 5.99. The molecule has 0 bridgehead atoms. The minimum atomic E-state index is -0.499. The molecule has 0 spiro atoms. The summed E-state index contributed by atoms with van der Waals surface area (Å²) in [6, 6.07) is 14.0. The fourth-order valence-corrected chi connectivity index (χ4v) is 2.74. The number of carbonyl (C=O) groups is 2. The second-order valence-electron chi connectivity index (χ2n) is 5.70. The van der Waals surface area contributed by atoms with Crippen LogP contribution in [0.4, 0.5) is 5.69 Å². The fraction of sp³-hybridized carbons (Fsp3) is 0.263. The summed E-state index contributed by atoms with van der Waals surface area (Å²) in [5, 5.41) is 0. The van der Waals surface area contributed by atoms with Crippen molar-refractivity contribution in [2.75, 3.05) is 25.7 Å². The van der Waals surface area contributed by atoms with Gasteiger partial charge in [0.15, 0.2) is 0 Å². The normalized spacial score (nSPS) is 16.6. The molecule has 6 heteroatoms. The number of esters is 1. The maximum absolute atomic E-state index is 12.4. The van der Waals surface area contributed by atoms with Gasteiger partial charge in [-0.3, -0.25) is 9.59 Å². The second-order valence-corrected chi connectivity index (χ2v) is 5.70. The molecule has 25 heavy (non-hydrogen) atoms. The number of anilines is 1. The lowest BCUT2D eigenvalue weighted by molar-refractivity contribution is -0.139. The smallest absolute Gasteiger partial charge is 0.316 e. The molecule has 0 aliphatic carbocycles. The monoisotopic (exact) mass is 341 g/mol. The molecule has 1 aliphatic rings. The number of amides is 1. The van der Waals surface area contributed by atoms with Gasteiger partial charge in [0.2, 0.25) is 5.91 Å². The number of hydrogen-bond donors (Lipinski definition) is 0. The molecule has 0 saturated carbocycles. The highest BCUT2D eigenvalue weighted by atomic mass is 16.5. The van der Waals surface area contributed by atoms with Crippen molar-refractivity contribution in [3.63, 3.8) is 0 Å². The third-order valence-electron chi connectivity index (χ3n) is 4.10. The van der Waals surface area contributed by atoms with Gasteiger partial charge in [0.05, 0.1) is 20.1 Å². The second kappa shape index (κ2) is 7.25. The molecule has 6 nitrogen and oxygen atoms in total. The van der Waals surface area contributed by atoms with Crippen LogP contribution < -0.4 is 19.1 Å². The van der Waals surface area contributed by atoms with Crippen molar-refractivity contribution in [1.29, 1.82) is 0 Å². The Kier molecular flexibility index (Phi) is 4.88. The summed E-state index contributed by atoms with van der Waals surface area (Å²) in [6.45, 7) is 0.293. The quantitative estimate of drug-likeness (QED) is 0.618. The molecule has 0 N–H and O–H groups in total. The molecule has 2 aromatic rings. The van der Waals surface area contributed by atoms with Gasteiger partial charge < -0.3 is 19.1 Å². The lowest BCUT2D eigenvalue weighted by Gasteiger charge is -2.17. The molecule has 0 aromatic heterocycles. The minimum absolute atomic E-state index is 0.107. The van der Waals surface area contributed by atoms with Crippen molar-refractivity contribution in [3.05, 3.63) is 48.5 Å². The highest BCUT2D eigenvalue weighted by Gasteiger charge is 2.36. The van der Waals surface area contributed by atoms with Gasteiger partial charge in [0.25, 0.3) is 0 Å². The first-order valence-corrected chi connectivity index (χ1v) is 7.91. The van der Waals surface area contributed by atoms with Crippen molar-refractivity contribution < 1.29 is 23.8 Å². The number of nitrogens with zero attached hydrogens (tertiary/aromatic N) is 1. The summed E-state index contributed by atoms with van der Waals surface area (Å²) in [5.74, 6) is 0.752. The van der Waals surface area contributed by atoms with Crippen molar-refractivity contribution >= 4 is 17.6 Å². The third kappa shape index (κ3) is 3.74. The van der Waals surface area contributed by atoms with E-state index in [2.05, 4.69) is 0 Å². The van der Waals surface area contributed by atoms with Gasteiger partial charge >= 0.3 is 5.97 Å². The summed E-state index contributed by atoms with van der Waals surface area (Å²) < 4.78 is 15.6. The molecule has 1 aliphatic heterocycles. The van der Waals surface area contributed by atoms with Gasteiger partial charge in [-0.25, -0.2) is 0 Å². The molecule has 1 atom stereocenters. The van der Waals surface area contributed by atoms with Gasteiger partial charge in [-0.15, -0.1) is 0 Å². The molecule has 1 amide bonds. The Morgan fingerprint density at radius 3 is 2.36 bits per heavy atom. The number of hydrogen-bond acceptors (Lipinski definition) is 5. The zero-order valence-electron chi connectivity index (χ0n) is 14.1. The first kappa shape index (κ1) is 16.8. The largest absolute Gasteiger partial charge is 0.497 e. The molecule has 1 fully saturated rings. The van der Waals surface area contributed by atoms with E-state index in [-0.39, 0.29) is 12.3 Å². The number of ether oxygens (including phenoxy) is 3. The van der Waals surface area contributed by atoms with E-state index in [1.807, 2.05) is 12.1 Å². The number of carbonyl (C=O) groups excluding carboxylic acids is 2. The van der Waals surface area contributed by atoms with Crippen LogP contribution in [0.3, 0.4) is 0 Å². The van der Waals surface area contributed by atoms with Crippen molar-refractivity contribution in [2.24, 2.45) is 5.92 Å². The van der Waals surface area contributed by atoms with Gasteiger partial charge in [-0.2, -0.15) is 0 Å². The maximum atomic E-state index is 12.4. The Morgan fingerprint density at radius 2 is 1.68 bits per heavy atom. The van der Waals surface area contributed by atoms with Gasteiger partial charge in [0, 0.05) is 24.7 Å². The summed E-state index contributed by atoms with van der Waals surface area (Å²) >= 11 is 0. The Hall–Kier alpha value is -3.02. The van der Waals surface area contributed by atoms with Crippen LogP contribution in [-0.2, 0) is 9.59 Å². The van der Waals surface area contributed by atoms with E-state index < -0.39 is 11.9 Å². The summed E-state index contributed by atoms with van der Waals surface area (Å²) in [7, 11) is 3.14. The zero-order valence-corrected chi connectivity index (χ0v) is 14.1. The van der Waals surface area contributed by atoms with Crippen molar-refractivity contribution in [1.82, 2.24) is 0 Å². The highest BCUT2D eigenvalue weighted by Crippen LogP contribution is 2.29. The lowest BCUT2D eigenvalue weighted by Crippen LogP contribution is -2.27. The van der Waals surface area contributed by atoms with E-state index in [4.69, 9.17) is 14.2 Å². The molecule has 2 aromatic carbocycles. The summed E-state index contributed by atoms with van der Waals surface area (Å²) in [4.78, 5) is 26.2. The first-order valence-electron chi connectivity index (χ1n) is 7.91. The zero-order chi connectivity index (χ0) is 17.8. The standard InChI is InChI=1S/C19H19NO5/c1-23-15-6-8-16(9-7-15)25-19(22)13-10-18(21)20(12-13)14-4-3-5-17(11-14)24-2/h3-9,11,13H,10,12H2,1-2H3/t13-/m1/s1. The molecule has 3 rings (SSSR count). The average Bonchev–Trinajstić information content (AvgIpc) is 3.04. The van der Waals surface area contributed by atoms with Crippen LogP contribution in [0.2, 0.25) is 0 Å². The van der Waals surface area contributed by atoms with E-state index in [1.54, 1.807) is 55.5 Å². The number of methoxy groups -OCH3 is 2. The van der Waals surface area contributed by atoms with Crippen molar-refractivity contribution in [2.45, 2.75) is 6.42 Å². The molecule has 0 unspecified atom stereocenters. The van der Waals surface area contributed by atoms with Crippen LogP contribution in [0.25, 0.3) is 0 Å². The molecular formula is C19H19NO5. The van der Waals surface area contributed by atoms with Gasteiger partial charge in [0.1, 0.15) is 17.2 Å². The van der Waals surface area contributed by atoms with Crippen LogP contribution in [0.15, 0.2) is 48.5 Å². The average molecular weight is 341 g/mol. The SMILES string of the molecule is COc1ccc(OC(=O)[C@@H]2CC(=O)N(c3cccc(OC)c3)C2)cc1. The van der Waals surface area contributed by atoms with E-state index in [0.717, 1.165) is 0 Å². The number of benzene rings is 2. The predicted octanol–water partition coefficient (Wildman–Crippen LogP) is 2.66. The van der Waals surface area contributed by atoms with Crippen LogP contribution in [-0.4, -0.2) is 32.6 Å². The van der Waals surface area contributed by atoms with Crippen LogP contribution in [0.1, 0.15) is 6.42 Å². The van der Waals surface area contributed by atoms with Crippen LogP contribution in [0, 0.1) is 5.92 Å². The first-order chi connectivity index (χ1) is 12.1. The Balaban J connectivity index is 1.67. The number of rotatable bonds is 5. The minimum Gasteiger partial charge on any atom is -0.497 e. The fourth-order valence-electron chi connectivity index (χ4n) is 2.74. The maximum Gasteiger partial charge on any atom is 0.316 e. The molecule has 130 valence electrons. The lowest BCUT2D eigenvalue weighted by atomic mass is 10.1. The van der Waals surface area contributed by atoms with E-state index in [9.17, 15) is 9.59 Å². The van der Waals surface area contributed by atoms with Crippen molar-refractivity contribution in [3.8, 4) is 17.2 Å². The van der Waals surface area contributed by atoms with Gasteiger partial charge in [-0.1, -0.05) is 6.07 Å². The predicted molar refractivity (Wildman–Crippen MR) is 92.1 cm³/mol. The van der Waals surface area contributed by atoms with Crippen LogP contribution >= 0.6 is 0 Å². The molecule has 1 heterocycles. The Bertz CT molecular complexity index is 772. The van der Waals surface area contributed by atoms with E-state index in [0.29, 0.717) is 29.5 Å². The Labute approximate surface area is 145 Å². The summed E-state index contributed by atoms with van der Waals surface area (Å²) in [5.41, 5.74) is 0.712. The molecular weight excluding hydrogens is 322 g/mol. The topological polar surface area (TPSA) is 65.1 Å². The Morgan fingerprint density at radius 1 is 1.00 bits per heavy atom. The molecule has 0 radical (unpaired) electrons. The van der Waals surface area contributed by atoms with E-state index in [1.165, 1.54) is 0 Å². The third-order valence-corrected chi connectivity index (χ3v) is 4.10.